The molecule has 0 saturated heterocycles. The van der Waals surface area contributed by atoms with Crippen molar-refractivity contribution in [2.75, 3.05) is 19.0 Å². The van der Waals surface area contributed by atoms with Crippen LogP contribution < -0.4 is 10.5 Å². The molecule has 0 aliphatic heterocycles. The Morgan fingerprint density at radius 1 is 1.00 bits per heavy atom. The first-order valence-electron chi connectivity index (χ1n) is 9.23. The van der Waals surface area contributed by atoms with Crippen molar-refractivity contribution in [3.63, 3.8) is 0 Å². The molecule has 0 saturated carbocycles. The van der Waals surface area contributed by atoms with Crippen molar-refractivity contribution in [3.8, 4) is 11.4 Å². The number of halogens is 2. The van der Waals surface area contributed by atoms with E-state index in [9.17, 15) is 4.79 Å². The molecule has 0 amide bonds. The van der Waals surface area contributed by atoms with Crippen LogP contribution in [0.5, 0.6) is 0 Å². The SMILES string of the molecule is CN(C)c1ccc(/C=N/n2c(-c3ccccc3)nc3c(Br)cc(Br)cc3c2=O)cc1. The minimum absolute atomic E-state index is 0.234. The van der Waals surface area contributed by atoms with Gasteiger partial charge in [-0.3, -0.25) is 4.79 Å². The highest BCUT2D eigenvalue weighted by molar-refractivity contribution is 9.11. The molecule has 0 bridgehead atoms. The van der Waals surface area contributed by atoms with Gasteiger partial charge in [-0.25, -0.2) is 4.98 Å². The minimum atomic E-state index is -0.234. The number of nitrogens with zero attached hydrogens (tertiary/aromatic N) is 4. The molecule has 0 aliphatic carbocycles. The second-order valence-electron chi connectivity index (χ2n) is 6.93. The summed E-state index contributed by atoms with van der Waals surface area (Å²) >= 11 is 6.98. The normalized spacial score (nSPS) is 11.3. The highest BCUT2D eigenvalue weighted by Gasteiger charge is 2.15. The third-order valence-electron chi connectivity index (χ3n) is 4.63. The summed E-state index contributed by atoms with van der Waals surface area (Å²) in [6.07, 6.45) is 1.67. The zero-order chi connectivity index (χ0) is 21.3. The Labute approximate surface area is 190 Å². The number of benzene rings is 3. The van der Waals surface area contributed by atoms with Crippen LogP contribution in [0.1, 0.15) is 5.56 Å². The summed E-state index contributed by atoms with van der Waals surface area (Å²) in [4.78, 5) is 20.2. The molecule has 0 aliphatic rings. The topological polar surface area (TPSA) is 50.5 Å². The van der Waals surface area contributed by atoms with Crippen LogP contribution in [-0.4, -0.2) is 30.0 Å². The Balaban J connectivity index is 1.90. The second-order valence-corrected chi connectivity index (χ2v) is 8.70. The van der Waals surface area contributed by atoms with Gasteiger partial charge >= 0.3 is 0 Å². The summed E-state index contributed by atoms with van der Waals surface area (Å²) in [6, 6.07) is 21.2. The predicted octanol–water partition coefficient (Wildman–Crippen LogP) is 5.54. The standard InChI is InChI=1S/C23H18Br2N4O/c1-28(2)18-10-8-15(9-11-18)14-26-29-22(16-6-4-3-5-7-16)27-21-19(23(29)30)12-17(24)13-20(21)25/h3-14H,1-2H3/b26-14+. The largest absolute Gasteiger partial charge is 0.378 e. The highest BCUT2D eigenvalue weighted by atomic mass is 79.9. The molecule has 0 fully saturated rings. The van der Waals surface area contributed by atoms with E-state index >= 15 is 0 Å². The van der Waals surface area contributed by atoms with Gasteiger partial charge in [-0.15, -0.1) is 0 Å². The lowest BCUT2D eigenvalue weighted by Crippen LogP contribution is -2.20. The molecule has 4 aromatic rings. The predicted molar refractivity (Wildman–Crippen MR) is 131 cm³/mol. The van der Waals surface area contributed by atoms with E-state index in [0.29, 0.717) is 16.7 Å². The first-order chi connectivity index (χ1) is 14.4. The van der Waals surface area contributed by atoms with Crippen LogP contribution in [-0.2, 0) is 0 Å². The van der Waals surface area contributed by atoms with Crippen LogP contribution >= 0.6 is 31.9 Å². The Morgan fingerprint density at radius 2 is 1.70 bits per heavy atom. The van der Waals surface area contributed by atoms with Gasteiger partial charge in [0.25, 0.3) is 5.56 Å². The van der Waals surface area contributed by atoms with Gasteiger partial charge in [0.05, 0.1) is 17.1 Å². The molecule has 7 heteroatoms. The highest BCUT2D eigenvalue weighted by Crippen LogP contribution is 2.27. The first kappa shape index (κ1) is 20.5. The molecule has 30 heavy (non-hydrogen) atoms. The maximum absolute atomic E-state index is 13.4. The fourth-order valence-corrected chi connectivity index (χ4v) is 4.38. The maximum atomic E-state index is 13.4. The molecule has 0 N–H and O–H groups in total. The van der Waals surface area contributed by atoms with E-state index in [2.05, 4.69) is 37.0 Å². The fraction of sp³-hybridized carbons (Fsp3) is 0.0870. The maximum Gasteiger partial charge on any atom is 0.282 e. The van der Waals surface area contributed by atoms with Crippen LogP contribution in [0.2, 0.25) is 0 Å². The number of fused-ring (bicyclic) bond motifs is 1. The van der Waals surface area contributed by atoms with Crippen molar-refractivity contribution in [2.45, 2.75) is 0 Å². The van der Waals surface area contributed by atoms with E-state index in [1.807, 2.05) is 79.7 Å². The molecule has 5 nitrogen and oxygen atoms in total. The molecule has 3 aromatic carbocycles. The van der Waals surface area contributed by atoms with E-state index in [4.69, 9.17) is 4.98 Å². The third kappa shape index (κ3) is 4.08. The second kappa shape index (κ2) is 8.53. The van der Waals surface area contributed by atoms with Gasteiger partial charge < -0.3 is 4.90 Å². The summed E-state index contributed by atoms with van der Waals surface area (Å²) in [5, 5.41) is 4.99. The minimum Gasteiger partial charge on any atom is -0.378 e. The lowest BCUT2D eigenvalue weighted by molar-refractivity contribution is 0.829. The molecule has 1 aromatic heterocycles. The zero-order valence-electron chi connectivity index (χ0n) is 16.4. The Kier molecular flexibility index (Phi) is 5.83. The van der Waals surface area contributed by atoms with Crippen LogP contribution in [0.15, 0.2) is 85.6 Å². The first-order valence-corrected chi connectivity index (χ1v) is 10.8. The zero-order valence-corrected chi connectivity index (χ0v) is 19.6. The van der Waals surface area contributed by atoms with Crippen molar-refractivity contribution in [1.29, 1.82) is 0 Å². The molecular formula is C23H18Br2N4O. The fourth-order valence-electron chi connectivity index (χ4n) is 3.07. The lowest BCUT2D eigenvalue weighted by atomic mass is 10.2. The molecule has 0 spiro atoms. The summed E-state index contributed by atoms with van der Waals surface area (Å²) in [7, 11) is 3.98. The van der Waals surface area contributed by atoms with E-state index in [0.717, 1.165) is 25.8 Å². The average molecular weight is 526 g/mol. The number of hydrogen-bond donors (Lipinski definition) is 0. The Bertz CT molecular complexity index is 1300. The van der Waals surface area contributed by atoms with Crippen LogP contribution in [0.3, 0.4) is 0 Å². The number of rotatable bonds is 4. The van der Waals surface area contributed by atoms with Crippen LogP contribution in [0.4, 0.5) is 5.69 Å². The van der Waals surface area contributed by atoms with Crippen LogP contribution in [0.25, 0.3) is 22.3 Å². The van der Waals surface area contributed by atoms with Crippen molar-refractivity contribution >= 4 is 54.7 Å². The van der Waals surface area contributed by atoms with Crippen LogP contribution in [0, 0.1) is 0 Å². The molecule has 0 unspecified atom stereocenters. The van der Waals surface area contributed by atoms with Gasteiger partial charge in [-0.05, 0) is 45.8 Å². The smallest absolute Gasteiger partial charge is 0.282 e. The quantitative estimate of drug-likeness (QED) is 0.329. The lowest BCUT2D eigenvalue weighted by Gasteiger charge is -2.12. The molecule has 150 valence electrons. The van der Waals surface area contributed by atoms with E-state index in [1.54, 1.807) is 12.3 Å². The summed E-state index contributed by atoms with van der Waals surface area (Å²) < 4.78 is 2.90. The molecule has 0 radical (unpaired) electrons. The van der Waals surface area contributed by atoms with Crippen molar-refractivity contribution < 1.29 is 0 Å². The van der Waals surface area contributed by atoms with E-state index in [1.165, 1.54) is 4.68 Å². The van der Waals surface area contributed by atoms with E-state index in [-0.39, 0.29) is 5.56 Å². The van der Waals surface area contributed by atoms with Gasteiger partial charge in [-0.1, -0.05) is 58.4 Å². The van der Waals surface area contributed by atoms with Gasteiger partial charge in [0.15, 0.2) is 5.82 Å². The molecular weight excluding hydrogens is 508 g/mol. The molecule has 0 atom stereocenters. The monoisotopic (exact) mass is 524 g/mol. The number of hydrogen-bond acceptors (Lipinski definition) is 4. The van der Waals surface area contributed by atoms with Gasteiger partial charge in [-0.2, -0.15) is 9.78 Å². The van der Waals surface area contributed by atoms with Gasteiger partial charge in [0, 0.05) is 34.3 Å². The van der Waals surface area contributed by atoms with Gasteiger partial charge in [0.1, 0.15) is 0 Å². The van der Waals surface area contributed by atoms with Crippen molar-refractivity contribution in [3.05, 3.63) is 91.6 Å². The Morgan fingerprint density at radius 3 is 2.37 bits per heavy atom. The average Bonchev–Trinajstić information content (AvgIpc) is 2.74. The number of anilines is 1. The van der Waals surface area contributed by atoms with Crippen molar-refractivity contribution in [2.24, 2.45) is 5.10 Å². The van der Waals surface area contributed by atoms with Gasteiger partial charge in [0.2, 0.25) is 0 Å². The van der Waals surface area contributed by atoms with Crippen molar-refractivity contribution in [1.82, 2.24) is 9.66 Å². The molecule has 4 rings (SSSR count). The summed E-state index contributed by atoms with van der Waals surface area (Å²) in [6.45, 7) is 0. The Hall–Kier alpha value is -2.77. The van der Waals surface area contributed by atoms with E-state index < -0.39 is 0 Å². The summed E-state index contributed by atoms with van der Waals surface area (Å²) in [5.74, 6) is 0.484. The summed E-state index contributed by atoms with van der Waals surface area (Å²) in [5.41, 5.74) is 3.16. The third-order valence-corrected chi connectivity index (χ3v) is 5.70. The molecule has 1 heterocycles. The number of aromatic nitrogens is 2.